The summed E-state index contributed by atoms with van der Waals surface area (Å²) in [6.45, 7) is 6.94. The highest BCUT2D eigenvalue weighted by atomic mass is 28.3. The van der Waals surface area contributed by atoms with E-state index in [1.54, 1.807) is 0 Å². The second-order valence-corrected chi connectivity index (χ2v) is 11.2. The predicted octanol–water partition coefficient (Wildman–Crippen LogP) is 4.43. The smallest absolute Gasteiger partial charge is 0.306 e. The Balaban J connectivity index is 2.28. The van der Waals surface area contributed by atoms with E-state index in [1.807, 2.05) is 43.3 Å². The summed E-state index contributed by atoms with van der Waals surface area (Å²) < 4.78 is 5.36. The Kier molecular flexibility index (Phi) is 6.56. The Morgan fingerprint density at radius 3 is 2.21 bits per heavy atom. The van der Waals surface area contributed by atoms with Gasteiger partial charge in [0.25, 0.3) is 0 Å². The third kappa shape index (κ3) is 4.68. The van der Waals surface area contributed by atoms with E-state index in [-0.39, 0.29) is 11.5 Å². The number of benzene rings is 2. The lowest BCUT2D eigenvalue weighted by Gasteiger charge is -2.33. The van der Waals surface area contributed by atoms with Gasteiger partial charge in [-0.15, -0.1) is 0 Å². The topological polar surface area (TPSA) is 26.3 Å². The molecule has 0 N–H and O–H groups in total. The third-order valence-corrected chi connectivity index (χ3v) is 8.64. The number of allylic oxidation sites excluding steroid dienone is 1. The van der Waals surface area contributed by atoms with Crippen LogP contribution >= 0.6 is 0 Å². The molecule has 0 saturated carbocycles. The van der Waals surface area contributed by atoms with Gasteiger partial charge in [0.05, 0.1) is 14.5 Å². The monoisotopic (exact) mass is 338 g/mol. The first kappa shape index (κ1) is 18.2. The fraction of sp³-hybridized carbons (Fsp3) is 0.286. The fourth-order valence-corrected chi connectivity index (χ4v) is 6.16. The third-order valence-electron chi connectivity index (χ3n) is 4.54. The number of ether oxygens (including phenoxy) is 1. The summed E-state index contributed by atoms with van der Waals surface area (Å²) in [5, 5.41) is 1.36. The van der Waals surface area contributed by atoms with E-state index in [0.29, 0.717) is 13.0 Å². The average molecular weight is 339 g/mol. The van der Waals surface area contributed by atoms with Gasteiger partial charge in [-0.25, -0.2) is 0 Å². The van der Waals surface area contributed by atoms with E-state index >= 15 is 0 Å². The van der Waals surface area contributed by atoms with Crippen LogP contribution in [0.2, 0.25) is 13.1 Å². The Morgan fingerprint density at radius 1 is 1.04 bits per heavy atom. The molecule has 0 aliphatic rings. The van der Waals surface area contributed by atoms with Gasteiger partial charge < -0.3 is 4.74 Å². The van der Waals surface area contributed by atoms with Gasteiger partial charge in [-0.2, -0.15) is 0 Å². The molecule has 2 rings (SSSR count). The fourth-order valence-electron chi connectivity index (χ4n) is 3.01. The summed E-state index contributed by atoms with van der Waals surface area (Å²) in [5.74, 6) is -0.126. The molecule has 0 heterocycles. The summed E-state index contributed by atoms with van der Waals surface area (Å²) in [5.41, 5.74) is 1.42. The lowest BCUT2D eigenvalue weighted by molar-refractivity contribution is -0.142. The molecule has 0 fully saturated rings. The first-order chi connectivity index (χ1) is 11.6. The van der Waals surface area contributed by atoms with Crippen molar-refractivity contribution in [2.24, 2.45) is 0 Å². The molecule has 0 aliphatic carbocycles. The van der Waals surface area contributed by atoms with Gasteiger partial charge in [0, 0.05) is 0 Å². The Morgan fingerprint density at radius 2 is 1.62 bits per heavy atom. The van der Waals surface area contributed by atoms with Crippen LogP contribution in [-0.4, -0.2) is 20.7 Å². The van der Waals surface area contributed by atoms with Crippen molar-refractivity contribution >= 4 is 19.2 Å². The lowest BCUT2D eigenvalue weighted by atomic mass is 10.1. The van der Waals surface area contributed by atoms with Crippen LogP contribution in [0.3, 0.4) is 0 Å². The van der Waals surface area contributed by atoms with E-state index in [9.17, 15) is 4.79 Å². The molecule has 0 aromatic heterocycles. The van der Waals surface area contributed by atoms with Crippen LogP contribution < -0.4 is 5.19 Å². The Labute approximate surface area is 146 Å². The molecule has 1 unspecified atom stereocenters. The Hall–Kier alpha value is -2.13. The van der Waals surface area contributed by atoms with E-state index in [4.69, 9.17) is 4.74 Å². The van der Waals surface area contributed by atoms with E-state index in [1.165, 1.54) is 10.8 Å². The molecule has 1 atom stereocenters. The highest BCUT2D eigenvalue weighted by molar-refractivity contribution is 6.91. The minimum Gasteiger partial charge on any atom is -0.461 e. The van der Waals surface area contributed by atoms with Crippen LogP contribution in [0.5, 0.6) is 0 Å². The number of carbonyl (C=O) groups is 1. The second-order valence-electron chi connectivity index (χ2n) is 6.51. The van der Waals surface area contributed by atoms with Crippen molar-refractivity contribution in [2.45, 2.75) is 32.0 Å². The molecular weight excluding hydrogens is 312 g/mol. The molecule has 0 radical (unpaired) electrons. The van der Waals surface area contributed by atoms with Gasteiger partial charge in [0.1, 0.15) is 6.61 Å². The molecular formula is C21H26O2Si. The quantitative estimate of drug-likeness (QED) is 0.424. The van der Waals surface area contributed by atoms with Gasteiger partial charge in [-0.3, -0.25) is 4.79 Å². The summed E-state index contributed by atoms with van der Waals surface area (Å²) >= 11 is 0. The van der Waals surface area contributed by atoms with Crippen molar-refractivity contribution in [3.05, 3.63) is 78.4 Å². The highest BCUT2D eigenvalue weighted by Crippen LogP contribution is 2.30. The Bertz CT molecular complexity index is 663. The second kappa shape index (κ2) is 8.64. The van der Waals surface area contributed by atoms with Crippen molar-refractivity contribution in [1.82, 2.24) is 0 Å². The maximum absolute atomic E-state index is 12.3. The van der Waals surface area contributed by atoms with Gasteiger partial charge in [0.15, 0.2) is 0 Å². The normalized spacial score (nSPS) is 13.0. The van der Waals surface area contributed by atoms with Gasteiger partial charge in [-0.05, 0) is 18.0 Å². The first-order valence-electron chi connectivity index (χ1n) is 8.43. The van der Waals surface area contributed by atoms with Crippen LogP contribution in [0.25, 0.3) is 0 Å². The van der Waals surface area contributed by atoms with Crippen LogP contribution in [0.1, 0.15) is 24.4 Å². The lowest BCUT2D eigenvalue weighted by Crippen LogP contribution is -2.48. The molecule has 0 spiro atoms. The van der Waals surface area contributed by atoms with Crippen molar-refractivity contribution in [3.63, 3.8) is 0 Å². The largest absolute Gasteiger partial charge is 0.461 e. The van der Waals surface area contributed by atoms with Crippen LogP contribution in [0.4, 0.5) is 0 Å². The first-order valence-corrected chi connectivity index (χ1v) is 11.5. The van der Waals surface area contributed by atoms with Gasteiger partial charge >= 0.3 is 5.97 Å². The molecule has 0 aliphatic heterocycles. The van der Waals surface area contributed by atoms with Crippen molar-refractivity contribution in [3.8, 4) is 0 Å². The number of rotatable bonds is 7. The van der Waals surface area contributed by atoms with Crippen LogP contribution in [-0.2, 0) is 9.53 Å². The summed E-state index contributed by atoms with van der Waals surface area (Å²) in [7, 11) is -1.88. The van der Waals surface area contributed by atoms with Gasteiger partial charge in [0.2, 0.25) is 0 Å². The zero-order chi connectivity index (χ0) is 17.4. The van der Waals surface area contributed by atoms with E-state index < -0.39 is 8.07 Å². The SMILES string of the molecule is C/C=C\COC(=O)CC(c1ccccc1)[Si](C)(C)c1ccccc1. The van der Waals surface area contributed by atoms with E-state index in [2.05, 4.69) is 49.5 Å². The predicted molar refractivity (Wildman–Crippen MR) is 103 cm³/mol. The highest BCUT2D eigenvalue weighted by Gasteiger charge is 2.36. The van der Waals surface area contributed by atoms with E-state index in [0.717, 1.165) is 0 Å². The molecule has 2 aromatic carbocycles. The van der Waals surface area contributed by atoms with Gasteiger partial charge in [-0.1, -0.05) is 91.1 Å². The zero-order valence-electron chi connectivity index (χ0n) is 14.7. The number of esters is 1. The number of hydrogen-bond acceptors (Lipinski definition) is 2. The van der Waals surface area contributed by atoms with Crippen molar-refractivity contribution < 1.29 is 9.53 Å². The van der Waals surface area contributed by atoms with Crippen LogP contribution in [0.15, 0.2) is 72.8 Å². The maximum Gasteiger partial charge on any atom is 0.306 e. The molecule has 0 bridgehead atoms. The minimum atomic E-state index is -1.88. The standard InChI is InChI=1S/C21H26O2Si/c1-4-5-16-23-21(22)17-20(18-12-8-6-9-13-18)24(2,3)19-14-10-7-11-15-19/h4-15,20H,16-17H2,1-3H3/b5-4-. The average Bonchev–Trinajstić information content (AvgIpc) is 2.61. The molecule has 24 heavy (non-hydrogen) atoms. The maximum atomic E-state index is 12.3. The molecule has 0 saturated heterocycles. The zero-order valence-corrected chi connectivity index (χ0v) is 15.7. The van der Waals surface area contributed by atoms with Crippen molar-refractivity contribution in [1.29, 1.82) is 0 Å². The minimum absolute atomic E-state index is 0.126. The number of carbonyl (C=O) groups excluding carboxylic acids is 1. The molecule has 3 heteroatoms. The van der Waals surface area contributed by atoms with Crippen LogP contribution in [0, 0.1) is 0 Å². The molecule has 0 amide bonds. The number of hydrogen-bond donors (Lipinski definition) is 0. The summed E-state index contributed by atoms with van der Waals surface area (Å²) in [4.78, 5) is 12.3. The molecule has 2 aromatic rings. The molecule has 126 valence electrons. The summed E-state index contributed by atoms with van der Waals surface area (Å²) in [6, 6.07) is 20.9. The summed E-state index contributed by atoms with van der Waals surface area (Å²) in [6.07, 6.45) is 4.18. The van der Waals surface area contributed by atoms with Crippen molar-refractivity contribution in [2.75, 3.05) is 6.61 Å². The molecule has 2 nitrogen and oxygen atoms in total.